The van der Waals surface area contributed by atoms with Gasteiger partial charge in [-0.25, -0.2) is 0 Å². The fourth-order valence-electron chi connectivity index (χ4n) is 3.49. The molecule has 2 aliphatic carbocycles. The highest BCUT2D eigenvalue weighted by molar-refractivity contribution is 7.10. The van der Waals surface area contributed by atoms with Crippen molar-refractivity contribution >= 4 is 11.3 Å². The third kappa shape index (κ3) is 2.49. The molecule has 0 spiro atoms. The van der Waals surface area contributed by atoms with Crippen molar-refractivity contribution in [1.82, 2.24) is 5.32 Å². The number of thiophene rings is 1. The fourth-order valence-corrected chi connectivity index (χ4v) is 4.48. The van der Waals surface area contributed by atoms with Crippen LogP contribution in [0.3, 0.4) is 0 Å². The summed E-state index contributed by atoms with van der Waals surface area (Å²) in [4.78, 5) is 1.60. The van der Waals surface area contributed by atoms with Crippen LogP contribution in [0.25, 0.3) is 0 Å². The molecule has 0 radical (unpaired) electrons. The standard InChI is InChI=1S/C15H23NOS/c1-17-14-7-3-2-5-13(14)16-12-6-4-8-15-11(12)9-10-18-15/h9-10,12-14,16H,2-8H2,1H3. The van der Waals surface area contributed by atoms with E-state index in [1.165, 1.54) is 44.9 Å². The van der Waals surface area contributed by atoms with E-state index in [-0.39, 0.29) is 0 Å². The molecule has 3 heteroatoms. The van der Waals surface area contributed by atoms with E-state index >= 15 is 0 Å². The van der Waals surface area contributed by atoms with Gasteiger partial charge in [0.05, 0.1) is 6.10 Å². The molecule has 18 heavy (non-hydrogen) atoms. The summed E-state index contributed by atoms with van der Waals surface area (Å²) in [6.45, 7) is 0. The van der Waals surface area contributed by atoms with E-state index in [1.807, 2.05) is 18.4 Å². The molecule has 2 nitrogen and oxygen atoms in total. The maximum Gasteiger partial charge on any atom is 0.0724 e. The van der Waals surface area contributed by atoms with Gasteiger partial charge in [-0.15, -0.1) is 11.3 Å². The molecular weight excluding hydrogens is 242 g/mol. The smallest absolute Gasteiger partial charge is 0.0724 e. The summed E-state index contributed by atoms with van der Waals surface area (Å²) in [6, 6.07) is 3.45. The quantitative estimate of drug-likeness (QED) is 0.900. The summed E-state index contributed by atoms with van der Waals surface area (Å²) in [6.07, 6.45) is 9.48. The summed E-state index contributed by atoms with van der Waals surface area (Å²) in [5.74, 6) is 0. The minimum atomic E-state index is 0.419. The van der Waals surface area contributed by atoms with Gasteiger partial charge in [-0.3, -0.25) is 0 Å². The van der Waals surface area contributed by atoms with E-state index in [4.69, 9.17) is 4.74 Å². The Morgan fingerprint density at radius 1 is 1.22 bits per heavy atom. The zero-order valence-corrected chi connectivity index (χ0v) is 12.0. The number of fused-ring (bicyclic) bond motifs is 1. The third-order valence-electron chi connectivity index (χ3n) is 4.47. The van der Waals surface area contributed by atoms with E-state index in [2.05, 4.69) is 16.8 Å². The Balaban J connectivity index is 1.69. The van der Waals surface area contributed by atoms with Crippen molar-refractivity contribution in [2.24, 2.45) is 0 Å². The number of ether oxygens (including phenoxy) is 1. The van der Waals surface area contributed by atoms with E-state index in [0.717, 1.165) is 0 Å². The number of hydrogen-bond acceptors (Lipinski definition) is 3. The molecule has 1 fully saturated rings. The van der Waals surface area contributed by atoms with Crippen molar-refractivity contribution < 1.29 is 4.74 Å². The van der Waals surface area contributed by atoms with Gasteiger partial charge in [0.1, 0.15) is 0 Å². The number of hydrogen-bond donors (Lipinski definition) is 1. The number of nitrogens with one attached hydrogen (secondary N) is 1. The highest BCUT2D eigenvalue weighted by atomic mass is 32.1. The van der Waals surface area contributed by atoms with Gasteiger partial charge in [-0.2, -0.15) is 0 Å². The van der Waals surface area contributed by atoms with E-state index in [9.17, 15) is 0 Å². The Labute approximate surface area is 114 Å². The predicted octanol–water partition coefficient (Wildman–Crippen LogP) is 3.67. The van der Waals surface area contributed by atoms with Crippen LogP contribution in [0.2, 0.25) is 0 Å². The zero-order chi connectivity index (χ0) is 12.4. The van der Waals surface area contributed by atoms with Crippen molar-refractivity contribution in [3.63, 3.8) is 0 Å². The monoisotopic (exact) mass is 265 g/mol. The van der Waals surface area contributed by atoms with Crippen LogP contribution in [0.15, 0.2) is 11.4 Å². The average Bonchev–Trinajstić information content (AvgIpc) is 2.89. The first-order valence-electron chi connectivity index (χ1n) is 7.23. The van der Waals surface area contributed by atoms with E-state index in [1.54, 1.807) is 10.4 Å². The maximum atomic E-state index is 5.65. The Morgan fingerprint density at radius 3 is 3.00 bits per heavy atom. The van der Waals surface area contributed by atoms with Crippen LogP contribution in [-0.4, -0.2) is 19.3 Å². The first kappa shape index (κ1) is 12.6. The van der Waals surface area contributed by atoms with Gasteiger partial charge in [0.25, 0.3) is 0 Å². The molecule has 1 aromatic heterocycles. The van der Waals surface area contributed by atoms with Gasteiger partial charge in [0.15, 0.2) is 0 Å². The number of methoxy groups -OCH3 is 1. The largest absolute Gasteiger partial charge is 0.380 e. The lowest BCUT2D eigenvalue weighted by Crippen LogP contribution is -2.45. The van der Waals surface area contributed by atoms with Crippen molar-refractivity contribution in [2.45, 2.75) is 63.1 Å². The van der Waals surface area contributed by atoms with Gasteiger partial charge >= 0.3 is 0 Å². The molecule has 3 rings (SSSR count). The van der Waals surface area contributed by atoms with Gasteiger partial charge in [-0.1, -0.05) is 12.8 Å². The normalized spacial score (nSPS) is 32.2. The summed E-state index contributed by atoms with van der Waals surface area (Å²) < 4.78 is 5.65. The minimum Gasteiger partial charge on any atom is -0.380 e. The molecule has 1 aromatic rings. The molecule has 0 saturated heterocycles. The molecule has 0 amide bonds. The van der Waals surface area contributed by atoms with Crippen molar-refractivity contribution in [3.05, 3.63) is 21.9 Å². The summed E-state index contributed by atoms with van der Waals surface area (Å²) in [5.41, 5.74) is 1.56. The fraction of sp³-hybridized carbons (Fsp3) is 0.733. The Kier molecular flexibility index (Phi) is 4.02. The average molecular weight is 265 g/mol. The van der Waals surface area contributed by atoms with Crippen LogP contribution in [0.5, 0.6) is 0 Å². The first-order chi connectivity index (χ1) is 8.88. The van der Waals surface area contributed by atoms with Crippen LogP contribution < -0.4 is 5.32 Å². The molecule has 100 valence electrons. The second kappa shape index (κ2) is 5.72. The topological polar surface area (TPSA) is 21.3 Å². The molecule has 0 aliphatic heterocycles. The molecule has 3 unspecified atom stereocenters. The molecular formula is C15H23NOS. The highest BCUT2D eigenvalue weighted by Crippen LogP contribution is 2.34. The molecule has 1 saturated carbocycles. The van der Waals surface area contributed by atoms with Gasteiger partial charge < -0.3 is 10.1 Å². The van der Waals surface area contributed by atoms with Crippen LogP contribution in [0, 0.1) is 0 Å². The Hall–Kier alpha value is -0.380. The summed E-state index contributed by atoms with van der Waals surface area (Å²) in [7, 11) is 1.86. The predicted molar refractivity (Wildman–Crippen MR) is 76.2 cm³/mol. The first-order valence-corrected chi connectivity index (χ1v) is 8.11. The molecule has 0 aromatic carbocycles. The number of rotatable bonds is 3. The third-order valence-corrected chi connectivity index (χ3v) is 5.47. The van der Waals surface area contributed by atoms with Crippen LogP contribution in [-0.2, 0) is 11.2 Å². The maximum absolute atomic E-state index is 5.65. The second-order valence-corrected chi connectivity index (χ2v) is 6.58. The zero-order valence-electron chi connectivity index (χ0n) is 11.2. The van der Waals surface area contributed by atoms with Crippen molar-refractivity contribution in [2.75, 3.05) is 7.11 Å². The van der Waals surface area contributed by atoms with E-state index < -0.39 is 0 Å². The molecule has 1 heterocycles. The Bertz CT molecular complexity index is 390. The minimum absolute atomic E-state index is 0.419. The lowest BCUT2D eigenvalue weighted by Gasteiger charge is -2.35. The summed E-state index contributed by atoms with van der Waals surface area (Å²) in [5, 5.41) is 6.13. The van der Waals surface area contributed by atoms with Gasteiger partial charge in [0, 0.05) is 24.1 Å². The van der Waals surface area contributed by atoms with Crippen molar-refractivity contribution in [1.29, 1.82) is 0 Å². The molecule has 0 bridgehead atoms. The Morgan fingerprint density at radius 2 is 2.11 bits per heavy atom. The second-order valence-electron chi connectivity index (χ2n) is 5.58. The molecule has 2 aliphatic rings. The van der Waals surface area contributed by atoms with Crippen molar-refractivity contribution in [3.8, 4) is 0 Å². The lowest BCUT2D eigenvalue weighted by molar-refractivity contribution is 0.0368. The van der Waals surface area contributed by atoms with Crippen LogP contribution in [0.4, 0.5) is 0 Å². The van der Waals surface area contributed by atoms with E-state index in [0.29, 0.717) is 18.2 Å². The van der Waals surface area contributed by atoms with Crippen LogP contribution in [0.1, 0.15) is 55.0 Å². The van der Waals surface area contributed by atoms with Crippen LogP contribution >= 0.6 is 11.3 Å². The molecule has 3 atom stereocenters. The summed E-state index contributed by atoms with van der Waals surface area (Å²) >= 11 is 1.93. The lowest BCUT2D eigenvalue weighted by atomic mass is 9.88. The molecule has 1 N–H and O–H groups in total. The number of aryl methyl sites for hydroxylation is 1. The van der Waals surface area contributed by atoms with Gasteiger partial charge in [0.2, 0.25) is 0 Å². The van der Waals surface area contributed by atoms with Gasteiger partial charge in [-0.05, 0) is 49.1 Å². The highest BCUT2D eigenvalue weighted by Gasteiger charge is 2.29. The SMILES string of the molecule is COC1CCCCC1NC1CCCc2sccc21.